The summed E-state index contributed by atoms with van der Waals surface area (Å²) in [5.41, 5.74) is 7.42. The number of halogens is 8. The maximum Gasteiger partial charge on any atom is 0.394 e. The summed E-state index contributed by atoms with van der Waals surface area (Å²) in [6.07, 6.45) is -7.87. The van der Waals surface area contributed by atoms with E-state index in [1.54, 1.807) is 72.8 Å². The van der Waals surface area contributed by atoms with Gasteiger partial charge in [-0.2, -0.15) is 26.3 Å². The summed E-state index contributed by atoms with van der Waals surface area (Å²) in [4.78, 5) is 0. The molecule has 0 amide bonds. The Morgan fingerprint density at radius 2 is 0.794 bits per heavy atom. The van der Waals surface area contributed by atoms with Crippen LogP contribution in [-0.2, 0) is 48.0 Å². The fourth-order valence-corrected chi connectivity index (χ4v) is 7.69. The third-order valence-electron chi connectivity index (χ3n) is 11.3. The van der Waals surface area contributed by atoms with E-state index >= 15 is 8.78 Å². The molecule has 0 radical (unpaired) electrons. The molecule has 332 valence electrons. The van der Waals surface area contributed by atoms with Crippen LogP contribution < -0.4 is 4.74 Å². The molecule has 0 heterocycles. The lowest BCUT2D eigenvalue weighted by Gasteiger charge is -2.22. The summed E-state index contributed by atoms with van der Waals surface area (Å²) in [6.45, 7) is 2.84. The van der Waals surface area contributed by atoms with Crippen LogP contribution >= 0.6 is 0 Å². The molecule has 0 aliphatic heterocycles. The van der Waals surface area contributed by atoms with Crippen molar-refractivity contribution in [2.75, 3.05) is 27.4 Å². The number of hydrogen-bond donors (Lipinski definition) is 0. The highest BCUT2D eigenvalue weighted by Gasteiger charge is 2.40. The largest absolute Gasteiger partial charge is 0.457 e. The molecular formula is C52H50F8O3. The predicted molar refractivity (Wildman–Crippen MR) is 231 cm³/mol. The molecule has 6 aromatic rings. The van der Waals surface area contributed by atoms with Gasteiger partial charge in [0.25, 0.3) is 0 Å². The lowest BCUT2D eigenvalue weighted by molar-refractivity contribution is -0.186. The highest BCUT2D eigenvalue weighted by atomic mass is 19.4. The van der Waals surface area contributed by atoms with Crippen molar-refractivity contribution in [1.29, 1.82) is 0 Å². The molecule has 0 fully saturated rings. The van der Waals surface area contributed by atoms with Crippen molar-refractivity contribution >= 4 is 0 Å². The Morgan fingerprint density at radius 1 is 0.444 bits per heavy atom. The second-order valence-electron chi connectivity index (χ2n) is 15.9. The molecule has 0 spiro atoms. The van der Waals surface area contributed by atoms with E-state index < -0.39 is 37.4 Å². The van der Waals surface area contributed by atoms with E-state index in [1.165, 1.54) is 26.4 Å². The van der Waals surface area contributed by atoms with Crippen molar-refractivity contribution < 1.29 is 49.3 Å². The zero-order valence-electron chi connectivity index (χ0n) is 35.6. The van der Waals surface area contributed by atoms with Crippen LogP contribution in [0.2, 0.25) is 0 Å². The number of methoxy groups -OCH3 is 2. The minimum absolute atomic E-state index is 0.233. The molecule has 3 nitrogen and oxygen atoms in total. The van der Waals surface area contributed by atoms with Gasteiger partial charge in [-0.1, -0.05) is 111 Å². The summed E-state index contributed by atoms with van der Waals surface area (Å²) < 4.78 is 131. The number of aryl methyl sites for hydroxylation is 2. The van der Waals surface area contributed by atoms with Crippen LogP contribution in [0.3, 0.4) is 0 Å². The minimum Gasteiger partial charge on any atom is -0.457 e. The Morgan fingerprint density at radius 3 is 1.11 bits per heavy atom. The van der Waals surface area contributed by atoms with Gasteiger partial charge >= 0.3 is 12.4 Å². The maximum atomic E-state index is 15.0. The molecule has 0 bridgehead atoms. The van der Waals surface area contributed by atoms with E-state index in [-0.39, 0.29) is 37.3 Å². The van der Waals surface area contributed by atoms with Gasteiger partial charge in [0.15, 0.2) is 0 Å². The Kier molecular flexibility index (Phi) is 15.5. The molecular weight excluding hydrogens is 825 g/mol. The van der Waals surface area contributed by atoms with Crippen LogP contribution in [0.5, 0.6) is 11.5 Å². The van der Waals surface area contributed by atoms with E-state index in [4.69, 9.17) is 14.2 Å². The molecule has 6 rings (SSSR count). The van der Waals surface area contributed by atoms with Gasteiger partial charge in [0.05, 0.1) is 25.0 Å². The van der Waals surface area contributed by atoms with Gasteiger partial charge in [0, 0.05) is 38.2 Å². The van der Waals surface area contributed by atoms with Crippen LogP contribution in [0.4, 0.5) is 35.1 Å². The highest BCUT2D eigenvalue weighted by molar-refractivity contribution is 5.66. The van der Waals surface area contributed by atoms with E-state index in [9.17, 15) is 26.3 Å². The summed E-state index contributed by atoms with van der Waals surface area (Å²) in [5.74, 6) is -3.54. The van der Waals surface area contributed by atoms with Crippen LogP contribution in [0.25, 0.3) is 22.3 Å². The van der Waals surface area contributed by atoms with Crippen molar-refractivity contribution in [3.8, 4) is 33.8 Å². The van der Waals surface area contributed by atoms with E-state index in [0.717, 1.165) is 22.3 Å². The molecule has 0 saturated heterocycles. The van der Waals surface area contributed by atoms with Crippen molar-refractivity contribution in [2.24, 2.45) is 11.8 Å². The second kappa shape index (κ2) is 20.8. The van der Waals surface area contributed by atoms with Crippen molar-refractivity contribution in [2.45, 2.75) is 64.7 Å². The van der Waals surface area contributed by atoms with E-state index in [2.05, 4.69) is 0 Å². The first kappa shape index (κ1) is 47.0. The molecule has 0 N–H and O–H groups in total. The first-order valence-electron chi connectivity index (χ1n) is 20.9. The number of ether oxygens (including phenoxy) is 3. The van der Waals surface area contributed by atoms with Gasteiger partial charge in [-0.15, -0.1) is 0 Å². The maximum absolute atomic E-state index is 15.0. The first-order chi connectivity index (χ1) is 30.1. The van der Waals surface area contributed by atoms with Crippen molar-refractivity contribution in [1.82, 2.24) is 0 Å². The van der Waals surface area contributed by atoms with Gasteiger partial charge in [-0.25, -0.2) is 8.78 Å². The minimum atomic E-state index is -4.51. The van der Waals surface area contributed by atoms with Crippen LogP contribution in [-0.4, -0.2) is 39.8 Å². The van der Waals surface area contributed by atoms with Crippen molar-refractivity contribution in [3.05, 3.63) is 177 Å². The van der Waals surface area contributed by atoms with Gasteiger partial charge in [-0.05, 0) is 106 Å². The summed E-state index contributed by atoms with van der Waals surface area (Å²) in [5, 5.41) is 0. The average Bonchev–Trinajstić information content (AvgIpc) is 3.25. The monoisotopic (exact) mass is 874 g/mol. The quantitative estimate of drug-likeness (QED) is 0.0805. The van der Waals surface area contributed by atoms with Gasteiger partial charge in [0.2, 0.25) is 0 Å². The molecule has 11 heteroatoms. The number of alkyl halides is 6. The number of hydrogen-bond acceptors (Lipinski definition) is 3. The zero-order valence-corrected chi connectivity index (χ0v) is 35.6. The molecule has 2 unspecified atom stereocenters. The molecule has 63 heavy (non-hydrogen) atoms. The molecule has 0 aliphatic carbocycles. The zero-order chi connectivity index (χ0) is 45.3. The van der Waals surface area contributed by atoms with Crippen LogP contribution in [0.15, 0.2) is 121 Å². The summed E-state index contributed by atoms with van der Waals surface area (Å²) in [6, 6.07) is 34.4. The molecule has 0 aromatic heterocycles. The predicted octanol–water partition coefficient (Wildman–Crippen LogP) is 14.1. The topological polar surface area (TPSA) is 27.7 Å². The Balaban J connectivity index is 1.37. The second-order valence-corrected chi connectivity index (χ2v) is 15.9. The lowest BCUT2D eigenvalue weighted by Crippen LogP contribution is -2.29. The van der Waals surface area contributed by atoms with E-state index in [1.807, 2.05) is 50.2 Å². The van der Waals surface area contributed by atoms with E-state index in [0.29, 0.717) is 68.8 Å². The van der Waals surface area contributed by atoms with Crippen LogP contribution in [0, 0.1) is 23.5 Å². The first-order valence-corrected chi connectivity index (χ1v) is 20.9. The third kappa shape index (κ3) is 12.4. The van der Waals surface area contributed by atoms with Crippen LogP contribution in [0.1, 0.15) is 58.4 Å². The number of benzene rings is 6. The molecule has 0 aliphatic rings. The molecule has 2 atom stereocenters. The smallest absolute Gasteiger partial charge is 0.394 e. The van der Waals surface area contributed by atoms with Gasteiger partial charge in [0.1, 0.15) is 23.1 Å². The normalized spacial score (nSPS) is 13.0. The average molecular weight is 875 g/mol. The molecule has 0 saturated carbocycles. The van der Waals surface area contributed by atoms with Crippen molar-refractivity contribution in [3.63, 3.8) is 0 Å². The summed E-state index contributed by atoms with van der Waals surface area (Å²) >= 11 is 0. The molecule has 6 aromatic carbocycles. The van der Waals surface area contributed by atoms with Gasteiger partial charge in [-0.3, -0.25) is 0 Å². The fraction of sp³-hybridized carbons (Fsp3) is 0.308. The lowest BCUT2D eigenvalue weighted by atomic mass is 9.94. The standard InChI is InChI=1S/C52H50F8O3/c1-5-33-11-19-45(47(53)29-33)39-15-7-35(8-16-39)23-41-25-37(27-43(31-61-3)51(55,56)57)13-21-49(41)63-50-22-14-38(28-44(32-62-4)52(58,59)60)26-42(50)24-36-9-17-40(18-10-36)46-20-12-34(6-2)30-48(46)54/h7-22,25-26,29-30,43-44H,5-6,23-24,27-28,31-32H2,1-4H3. The Hall–Kier alpha value is -5.52. The Labute approximate surface area is 363 Å². The fourth-order valence-electron chi connectivity index (χ4n) is 7.69. The Bertz CT molecular complexity index is 2270. The SMILES string of the molecule is CCc1ccc(-c2ccc(Cc3cc(CC(COC)C(F)(F)F)ccc3Oc3ccc(CC(COC)C(F)(F)F)cc3Cc3ccc(-c4ccc(CC)cc4F)cc3)cc2)c(F)c1. The third-order valence-corrected chi connectivity index (χ3v) is 11.3. The highest BCUT2D eigenvalue weighted by Crippen LogP contribution is 2.37. The number of rotatable bonds is 18. The summed E-state index contributed by atoms with van der Waals surface area (Å²) in [7, 11) is 2.44. The van der Waals surface area contributed by atoms with Gasteiger partial charge < -0.3 is 14.2 Å².